The third-order valence-corrected chi connectivity index (χ3v) is 4.44. The molecule has 0 aliphatic rings. The van der Waals surface area contributed by atoms with Crippen molar-refractivity contribution in [2.45, 2.75) is 27.3 Å². The van der Waals surface area contributed by atoms with Crippen LogP contribution in [0.4, 0.5) is 23.1 Å². The van der Waals surface area contributed by atoms with Gasteiger partial charge in [0.2, 0.25) is 5.95 Å². The van der Waals surface area contributed by atoms with Gasteiger partial charge < -0.3 is 15.5 Å². The molecule has 0 aliphatic carbocycles. The Balaban J connectivity index is 1.69. The molecule has 0 amide bonds. The van der Waals surface area contributed by atoms with E-state index in [2.05, 4.69) is 69.5 Å². The number of aryl methyl sites for hydroxylation is 1. The average molecular weight is 362 g/mol. The molecule has 0 saturated carbocycles. The Morgan fingerprint density at radius 3 is 2.59 bits per heavy atom. The smallest absolute Gasteiger partial charge is 0.229 e. The van der Waals surface area contributed by atoms with E-state index in [0.717, 1.165) is 35.7 Å². The molecule has 0 unspecified atom stereocenters. The van der Waals surface area contributed by atoms with E-state index in [-0.39, 0.29) is 0 Å². The van der Waals surface area contributed by atoms with E-state index in [0.29, 0.717) is 12.5 Å². The summed E-state index contributed by atoms with van der Waals surface area (Å²) in [5.74, 6) is 1.35. The summed E-state index contributed by atoms with van der Waals surface area (Å²) in [6.45, 7) is 9.10. The number of nitrogens with one attached hydrogen (secondary N) is 2. The highest BCUT2D eigenvalue weighted by atomic mass is 15.1. The van der Waals surface area contributed by atoms with Gasteiger partial charge in [-0.1, -0.05) is 6.07 Å². The van der Waals surface area contributed by atoms with Crippen molar-refractivity contribution in [3.05, 3.63) is 66.1 Å². The Kier molecular flexibility index (Phi) is 6.20. The molecule has 3 aromatic rings. The van der Waals surface area contributed by atoms with E-state index < -0.39 is 0 Å². The minimum Gasteiger partial charge on any atom is -0.372 e. The molecule has 0 saturated heterocycles. The van der Waals surface area contributed by atoms with Crippen LogP contribution in [0.5, 0.6) is 0 Å². The van der Waals surface area contributed by atoms with Gasteiger partial charge in [0.1, 0.15) is 5.82 Å². The van der Waals surface area contributed by atoms with Crippen LogP contribution < -0.4 is 15.5 Å². The number of anilines is 4. The monoisotopic (exact) mass is 362 g/mol. The fraction of sp³-hybridized carbons (Fsp3) is 0.286. The number of benzene rings is 1. The van der Waals surface area contributed by atoms with Crippen molar-refractivity contribution in [1.29, 1.82) is 0 Å². The minimum absolute atomic E-state index is 0.574. The zero-order chi connectivity index (χ0) is 19.1. The molecule has 0 spiro atoms. The van der Waals surface area contributed by atoms with Crippen molar-refractivity contribution in [2.24, 2.45) is 0 Å². The Hall–Kier alpha value is -3.15. The predicted molar refractivity (Wildman–Crippen MR) is 112 cm³/mol. The maximum atomic E-state index is 4.55. The Morgan fingerprint density at radius 1 is 1.04 bits per heavy atom. The SMILES string of the molecule is CCN(CC)c1ccc(Nc2nccc(NCc3cccnc3)n2)c(C)c1. The summed E-state index contributed by atoms with van der Waals surface area (Å²) in [4.78, 5) is 15.3. The number of nitrogens with zero attached hydrogens (tertiary/aromatic N) is 4. The van der Waals surface area contributed by atoms with E-state index in [9.17, 15) is 0 Å². The summed E-state index contributed by atoms with van der Waals surface area (Å²) < 4.78 is 0. The van der Waals surface area contributed by atoms with Gasteiger partial charge in [-0.05, 0) is 62.2 Å². The standard InChI is InChI=1S/C21H26N6/c1-4-27(5-2)18-8-9-19(16(3)13-18)25-21-23-12-10-20(26-21)24-15-17-7-6-11-22-14-17/h6-14H,4-5,15H2,1-3H3,(H2,23,24,25,26). The maximum absolute atomic E-state index is 4.55. The summed E-state index contributed by atoms with van der Waals surface area (Å²) in [5.41, 5.74) is 4.51. The first-order chi connectivity index (χ1) is 13.2. The molecular weight excluding hydrogens is 336 g/mol. The lowest BCUT2D eigenvalue weighted by Gasteiger charge is -2.22. The van der Waals surface area contributed by atoms with E-state index in [1.54, 1.807) is 12.4 Å². The highest BCUT2D eigenvalue weighted by Gasteiger charge is 2.07. The van der Waals surface area contributed by atoms with Crippen molar-refractivity contribution in [3.63, 3.8) is 0 Å². The lowest BCUT2D eigenvalue weighted by molar-refractivity contribution is 0.866. The largest absolute Gasteiger partial charge is 0.372 e. The molecule has 3 rings (SSSR count). The first-order valence-corrected chi connectivity index (χ1v) is 9.28. The van der Waals surface area contributed by atoms with Gasteiger partial charge in [-0.25, -0.2) is 4.98 Å². The maximum Gasteiger partial charge on any atom is 0.229 e. The summed E-state index contributed by atoms with van der Waals surface area (Å²) in [6, 6.07) is 12.2. The number of hydrogen-bond acceptors (Lipinski definition) is 6. The van der Waals surface area contributed by atoms with Crippen LogP contribution in [0.2, 0.25) is 0 Å². The zero-order valence-electron chi connectivity index (χ0n) is 16.1. The van der Waals surface area contributed by atoms with Gasteiger partial charge in [-0.15, -0.1) is 0 Å². The molecule has 6 heteroatoms. The first-order valence-electron chi connectivity index (χ1n) is 9.28. The molecule has 1 aromatic carbocycles. The molecule has 0 bridgehead atoms. The van der Waals surface area contributed by atoms with Crippen molar-refractivity contribution in [2.75, 3.05) is 28.6 Å². The highest BCUT2D eigenvalue weighted by Crippen LogP contribution is 2.24. The van der Waals surface area contributed by atoms with Gasteiger partial charge in [0.25, 0.3) is 0 Å². The van der Waals surface area contributed by atoms with Gasteiger partial charge in [-0.2, -0.15) is 4.98 Å². The van der Waals surface area contributed by atoms with Crippen LogP contribution >= 0.6 is 0 Å². The van der Waals surface area contributed by atoms with Crippen LogP contribution in [0.1, 0.15) is 25.0 Å². The lowest BCUT2D eigenvalue weighted by Crippen LogP contribution is -2.21. The van der Waals surface area contributed by atoms with Gasteiger partial charge in [0.15, 0.2) is 0 Å². The summed E-state index contributed by atoms with van der Waals surface area (Å²) >= 11 is 0. The van der Waals surface area contributed by atoms with Crippen LogP contribution in [-0.4, -0.2) is 28.0 Å². The van der Waals surface area contributed by atoms with Crippen LogP contribution in [0.15, 0.2) is 55.0 Å². The Labute approximate surface area is 160 Å². The fourth-order valence-corrected chi connectivity index (χ4v) is 2.91. The number of rotatable bonds is 8. The molecule has 0 radical (unpaired) electrons. The molecule has 2 aromatic heterocycles. The summed E-state index contributed by atoms with van der Waals surface area (Å²) in [7, 11) is 0. The zero-order valence-corrected chi connectivity index (χ0v) is 16.1. The average Bonchev–Trinajstić information content (AvgIpc) is 2.70. The van der Waals surface area contributed by atoms with Crippen molar-refractivity contribution < 1.29 is 0 Å². The molecule has 0 atom stereocenters. The number of hydrogen-bond donors (Lipinski definition) is 2. The van der Waals surface area contributed by atoms with E-state index >= 15 is 0 Å². The molecule has 140 valence electrons. The van der Waals surface area contributed by atoms with E-state index in [1.807, 2.05) is 24.4 Å². The van der Waals surface area contributed by atoms with Crippen molar-refractivity contribution >= 4 is 23.1 Å². The minimum atomic E-state index is 0.574. The van der Waals surface area contributed by atoms with Crippen LogP contribution in [0.25, 0.3) is 0 Å². The van der Waals surface area contributed by atoms with Gasteiger partial charge in [0, 0.05) is 49.6 Å². The topological polar surface area (TPSA) is 66.0 Å². The molecule has 27 heavy (non-hydrogen) atoms. The number of pyridine rings is 1. The van der Waals surface area contributed by atoms with E-state index in [4.69, 9.17) is 0 Å². The Bertz CT molecular complexity index is 862. The predicted octanol–water partition coefficient (Wildman–Crippen LogP) is 4.38. The Morgan fingerprint density at radius 2 is 1.89 bits per heavy atom. The second-order valence-electron chi connectivity index (χ2n) is 6.28. The molecule has 2 N–H and O–H groups in total. The third-order valence-electron chi connectivity index (χ3n) is 4.44. The highest BCUT2D eigenvalue weighted by molar-refractivity contribution is 5.64. The molecular formula is C21H26N6. The van der Waals surface area contributed by atoms with Crippen molar-refractivity contribution in [1.82, 2.24) is 15.0 Å². The first kappa shape index (κ1) is 18.6. The van der Waals surface area contributed by atoms with Crippen LogP contribution in [-0.2, 0) is 6.54 Å². The number of aromatic nitrogens is 3. The van der Waals surface area contributed by atoms with Crippen LogP contribution in [0.3, 0.4) is 0 Å². The molecule has 2 heterocycles. The lowest BCUT2D eigenvalue weighted by atomic mass is 10.1. The molecule has 6 nitrogen and oxygen atoms in total. The normalized spacial score (nSPS) is 10.5. The fourth-order valence-electron chi connectivity index (χ4n) is 2.91. The molecule has 0 aliphatic heterocycles. The van der Waals surface area contributed by atoms with Gasteiger partial charge in [0.05, 0.1) is 0 Å². The third kappa shape index (κ3) is 4.94. The van der Waals surface area contributed by atoms with Gasteiger partial charge in [-0.3, -0.25) is 4.98 Å². The second kappa shape index (κ2) is 8.98. The summed E-state index contributed by atoms with van der Waals surface area (Å²) in [5, 5.41) is 6.62. The second-order valence-corrected chi connectivity index (χ2v) is 6.28. The van der Waals surface area contributed by atoms with Crippen molar-refractivity contribution in [3.8, 4) is 0 Å². The van der Waals surface area contributed by atoms with Gasteiger partial charge >= 0.3 is 0 Å². The summed E-state index contributed by atoms with van der Waals surface area (Å²) in [6.07, 6.45) is 5.36. The quantitative estimate of drug-likeness (QED) is 0.620. The molecule has 0 fully saturated rings. The van der Waals surface area contributed by atoms with Crippen LogP contribution in [0, 0.1) is 6.92 Å². The van der Waals surface area contributed by atoms with E-state index in [1.165, 1.54) is 5.69 Å².